The SMILES string of the molecule is C(=Cc1ccccc1)c1ccccc1.C=C(C#N)C#N. The molecule has 0 atom stereocenters. The van der Waals surface area contributed by atoms with E-state index in [9.17, 15) is 0 Å². The van der Waals surface area contributed by atoms with E-state index in [1.54, 1.807) is 12.1 Å². The molecule has 2 aromatic carbocycles. The molecule has 20 heavy (non-hydrogen) atoms. The van der Waals surface area contributed by atoms with Gasteiger partial charge in [-0.15, -0.1) is 0 Å². The van der Waals surface area contributed by atoms with Crippen LogP contribution in [0.15, 0.2) is 72.8 Å². The highest BCUT2D eigenvalue weighted by atomic mass is 14.3. The lowest BCUT2D eigenvalue weighted by atomic mass is 10.1. The molecule has 0 fully saturated rings. The van der Waals surface area contributed by atoms with E-state index in [4.69, 9.17) is 10.5 Å². The third-order valence-electron chi connectivity index (χ3n) is 2.34. The Morgan fingerprint density at radius 2 is 1.10 bits per heavy atom. The molecule has 0 saturated heterocycles. The molecule has 0 amide bonds. The molecule has 96 valence electrons. The number of rotatable bonds is 2. The Morgan fingerprint density at radius 1 is 0.750 bits per heavy atom. The third kappa shape index (κ3) is 6.00. The second-order valence-corrected chi connectivity index (χ2v) is 3.86. The predicted octanol–water partition coefficient (Wildman–Crippen LogP) is 4.45. The summed E-state index contributed by atoms with van der Waals surface area (Å²) in [6.45, 7) is 3.07. The second-order valence-electron chi connectivity index (χ2n) is 3.86. The van der Waals surface area contributed by atoms with Crippen LogP contribution in [0.25, 0.3) is 12.2 Å². The van der Waals surface area contributed by atoms with Gasteiger partial charge in [0, 0.05) is 0 Å². The molecule has 2 aromatic rings. The van der Waals surface area contributed by atoms with E-state index in [0.717, 1.165) is 0 Å². The van der Waals surface area contributed by atoms with Gasteiger partial charge < -0.3 is 0 Å². The Morgan fingerprint density at radius 3 is 1.35 bits per heavy atom. The fourth-order valence-electron chi connectivity index (χ4n) is 1.35. The van der Waals surface area contributed by atoms with Crippen LogP contribution >= 0.6 is 0 Å². The topological polar surface area (TPSA) is 47.6 Å². The van der Waals surface area contributed by atoms with Crippen LogP contribution in [0.2, 0.25) is 0 Å². The van der Waals surface area contributed by atoms with Crippen molar-refractivity contribution in [2.75, 3.05) is 0 Å². The van der Waals surface area contributed by atoms with E-state index in [-0.39, 0.29) is 5.57 Å². The van der Waals surface area contributed by atoms with Crippen molar-refractivity contribution in [1.82, 2.24) is 0 Å². The summed E-state index contributed by atoms with van der Waals surface area (Å²) in [5.41, 5.74) is 2.42. The summed E-state index contributed by atoms with van der Waals surface area (Å²) in [6.07, 6.45) is 4.24. The van der Waals surface area contributed by atoms with Crippen LogP contribution in [0, 0.1) is 22.7 Å². The molecule has 0 unspecified atom stereocenters. The first kappa shape index (κ1) is 15.0. The molecular formula is C18H14N2. The zero-order chi connectivity index (χ0) is 14.6. The number of hydrogen-bond donors (Lipinski definition) is 0. The van der Waals surface area contributed by atoms with Crippen molar-refractivity contribution in [1.29, 1.82) is 10.5 Å². The molecule has 0 spiro atoms. The van der Waals surface area contributed by atoms with Crippen LogP contribution in [-0.4, -0.2) is 0 Å². The highest BCUT2D eigenvalue weighted by Crippen LogP contribution is 2.06. The van der Waals surface area contributed by atoms with Crippen LogP contribution in [0.3, 0.4) is 0 Å². The molecule has 2 nitrogen and oxygen atoms in total. The smallest absolute Gasteiger partial charge is 0.122 e. The first-order valence-corrected chi connectivity index (χ1v) is 6.03. The molecule has 2 rings (SSSR count). The largest absolute Gasteiger partial charge is 0.192 e. The molecule has 0 heterocycles. The van der Waals surface area contributed by atoms with Crippen LogP contribution in [0.1, 0.15) is 11.1 Å². The summed E-state index contributed by atoms with van der Waals surface area (Å²) in [4.78, 5) is 0. The van der Waals surface area contributed by atoms with E-state index >= 15 is 0 Å². The van der Waals surface area contributed by atoms with Crippen molar-refractivity contribution in [2.24, 2.45) is 0 Å². The van der Waals surface area contributed by atoms with Crippen molar-refractivity contribution in [3.63, 3.8) is 0 Å². The fourth-order valence-corrected chi connectivity index (χ4v) is 1.35. The van der Waals surface area contributed by atoms with Gasteiger partial charge in [-0.25, -0.2) is 0 Å². The normalized spacial score (nSPS) is 8.90. The average molecular weight is 258 g/mol. The van der Waals surface area contributed by atoms with Crippen molar-refractivity contribution in [3.8, 4) is 12.1 Å². The predicted molar refractivity (Wildman–Crippen MR) is 82.2 cm³/mol. The highest BCUT2D eigenvalue weighted by molar-refractivity contribution is 5.69. The van der Waals surface area contributed by atoms with Gasteiger partial charge in [0.1, 0.15) is 17.7 Å². The summed E-state index contributed by atoms with van der Waals surface area (Å²) < 4.78 is 0. The number of benzene rings is 2. The minimum Gasteiger partial charge on any atom is -0.192 e. The van der Waals surface area contributed by atoms with Crippen LogP contribution in [-0.2, 0) is 0 Å². The van der Waals surface area contributed by atoms with Gasteiger partial charge in [-0.1, -0.05) is 79.4 Å². The van der Waals surface area contributed by atoms with E-state index < -0.39 is 0 Å². The van der Waals surface area contributed by atoms with Gasteiger partial charge in [-0.2, -0.15) is 10.5 Å². The van der Waals surface area contributed by atoms with Gasteiger partial charge in [-0.3, -0.25) is 0 Å². The Bertz CT molecular complexity index is 584. The maximum Gasteiger partial charge on any atom is 0.122 e. The lowest BCUT2D eigenvalue weighted by molar-refractivity contribution is 1.47. The molecule has 0 aromatic heterocycles. The van der Waals surface area contributed by atoms with Gasteiger partial charge in [-0.05, 0) is 11.1 Å². The Hall–Kier alpha value is -3.10. The van der Waals surface area contributed by atoms with E-state index in [0.29, 0.717) is 0 Å². The molecule has 0 saturated carbocycles. The Balaban J connectivity index is 0.000000286. The van der Waals surface area contributed by atoms with Crippen LogP contribution in [0.5, 0.6) is 0 Å². The minimum atomic E-state index is -0.0463. The van der Waals surface area contributed by atoms with Crippen molar-refractivity contribution < 1.29 is 0 Å². The van der Waals surface area contributed by atoms with Crippen molar-refractivity contribution in [3.05, 3.63) is 83.9 Å². The molecule has 0 N–H and O–H groups in total. The molecule has 0 aliphatic rings. The Labute approximate surface area is 119 Å². The van der Waals surface area contributed by atoms with E-state index in [2.05, 4.69) is 43.0 Å². The van der Waals surface area contributed by atoms with Gasteiger partial charge in [0.2, 0.25) is 0 Å². The van der Waals surface area contributed by atoms with Crippen LogP contribution in [0.4, 0.5) is 0 Å². The number of nitrogens with zero attached hydrogens (tertiary/aromatic N) is 2. The first-order chi connectivity index (χ1) is 9.76. The molecule has 0 aliphatic carbocycles. The van der Waals surface area contributed by atoms with Crippen LogP contribution < -0.4 is 0 Å². The third-order valence-corrected chi connectivity index (χ3v) is 2.34. The number of nitriles is 2. The van der Waals surface area contributed by atoms with E-state index in [1.165, 1.54) is 11.1 Å². The fraction of sp³-hybridized carbons (Fsp3) is 0. The highest BCUT2D eigenvalue weighted by Gasteiger charge is 1.84. The lowest BCUT2D eigenvalue weighted by Crippen LogP contribution is -1.70. The second kappa shape index (κ2) is 8.91. The van der Waals surface area contributed by atoms with Gasteiger partial charge in [0.15, 0.2) is 0 Å². The molecular weight excluding hydrogens is 244 g/mol. The monoisotopic (exact) mass is 258 g/mol. The molecule has 0 bridgehead atoms. The lowest BCUT2D eigenvalue weighted by Gasteiger charge is -1.92. The quantitative estimate of drug-likeness (QED) is 0.590. The summed E-state index contributed by atoms with van der Waals surface area (Å²) in [5, 5.41) is 15.5. The number of hydrogen-bond acceptors (Lipinski definition) is 2. The van der Waals surface area contributed by atoms with Crippen molar-refractivity contribution >= 4 is 12.2 Å². The van der Waals surface area contributed by atoms with Gasteiger partial charge in [0.05, 0.1) is 0 Å². The summed E-state index contributed by atoms with van der Waals surface area (Å²) in [7, 11) is 0. The van der Waals surface area contributed by atoms with Gasteiger partial charge >= 0.3 is 0 Å². The maximum atomic E-state index is 7.76. The maximum absolute atomic E-state index is 7.76. The average Bonchev–Trinajstić information content (AvgIpc) is 2.54. The summed E-state index contributed by atoms with van der Waals surface area (Å²) in [6, 6.07) is 23.7. The van der Waals surface area contributed by atoms with Crippen molar-refractivity contribution in [2.45, 2.75) is 0 Å². The molecule has 0 radical (unpaired) electrons. The minimum absolute atomic E-state index is 0.0463. The molecule has 0 aliphatic heterocycles. The Kier molecular flexibility index (Phi) is 6.67. The zero-order valence-electron chi connectivity index (χ0n) is 11.0. The summed E-state index contributed by atoms with van der Waals surface area (Å²) in [5.74, 6) is 0. The summed E-state index contributed by atoms with van der Waals surface area (Å²) >= 11 is 0. The number of allylic oxidation sites excluding steroid dienone is 1. The first-order valence-electron chi connectivity index (χ1n) is 6.03. The van der Waals surface area contributed by atoms with Gasteiger partial charge in [0.25, 0.3) is 0 Å². The van der Waals surface area contributed by atoms with E-state index in [1.807, 2.05) is 36.4 Å². The zero-order valence-corrected chi connectivity index (χ0v) is 11.0. The standard InChI is InChI=1S/C14H12.C4H2N2/c1-3-7-13(8-4-1)11-12-14-9-5-2-6-10-14;1-4(2-5)3-6/h1-12H;1H2. The molecule has 2 heteroatoms.